The van der Waals surface area contributed by atoms with Gasteiger partial charge in [0.05, 0.1) is 5.69 Å². The van der Waals surface area contributed by atoms with Gasteiger partial charge < -0.3 is 10.1 Å². The minimum absolute atomic E-state index is 0.214. The summed E-state index contributed by atoms with van der Waals surface area (Å²) in [6, 6.07) is 0.729. The van der Waals surface area contributed by atoms with Gasteiger partial charge >= 0.3 is 36.0 Å². The molecule has 2 rings (SSSR count). The number of nitrogens with one attached hydrogen (secondary N) is 1. The first kappa shape index (κ1) is 23.7. The van der Waals surface area contributed by atoms with Crippen LogP contribution in [-0.2, 0) is 12.8 Å². The first-order valence-electron chi connectivity index (χ1n) is 7.98. The topological polar surface area (TPSA) is 36.0 Å². The molecule has 0 aliphatic heterocycles. The molecule has 1 aliphatic carbocycles. The predicted octanol–water partition coefficient (Wildman–Crippen LogP) is 5.37. The summed E-state index contributed by atoms with van der Waals surface area (Å²) < 4.78 is 159. The Morgan fingerprint density at radius 3 is 1.72 bits per heavy atom. The average molecular weight is 451 g/mol. The van der Waals surface area contributed by atoms with E-state index in [4.69, 9.17) is 0 Å². The maximum Gasteiger partial charge on any atom is 0.384 e. The Hall–Kier alpha value is -1.60. The van der Waals surface area contributed by atoms with Crippen molar-refractivity contribution in [2.75, 3.05) is 0 Å². The lowest BCUT2D eigenvalue weighted by molar-refractivity contribution is -0.420. The summed E-state index contributed by atoms with van der Waals surface area (Å²) in [7, 11) is 0. The third kappa shape index (κ3) is 3.26. The van der Waals surface area contributed by atoms with E-state index in [1.807, 2.05) is 0 Å². The molecular weight excluding hydrogens is 438 g/mol. The van der Waals surface area contributed by atoms with E-state index in [-0.39, 0.29) is 24.1 Å². The Labute approximate surface area is 154 Å². The van der Waals surface area contributed by atoms with Crippen molar-refractivity contribution in [2.45, 2.75) is 67.8 Å². The smallest absolute Gasteiger partial charge is 0.380 e. The van der Waals surface area contributed by atoms with Gasteiger partial charge in [0.15, 0.2) is 6.10 Å². The third-order valence-corrected chi connectivity index (χ3v) is 4.67. The zero-order chi connectivity index (χ0) is 22.6. The number of fused-ring (bicyclic) bond motifs is 1. The maximum atomic E-state index is 14.0. The SMILES string of the molecule is OC(c1cc2c([nH]1)CCCC2)C(F)(F)C(F)(F)C(F)(F)C(F)(F)C(F)(F)C(F)F. The molecule has 14 heteroatoms. The van der Waals surface area contributed by atoms with E-state index >= 15 is 0 Å². The monoisotopic (exact) mass is 451 g/mol. The number of aryl methyl sites for hydroxylation is 2. The largest absolute Gasteiger partial charge is 0.384 e. The van der Waals surface area contributed by atoms with Crippen LogP contribution in [0.3, 0.4) is 0 Å². The molecule has 1 atom stereocenters. The molecule has 2 N–H and O–H groups in total. The minimum atomic E-state index is -7.66. The predicted molar refractivity (Wildman–Crippen MR) is 73.1 cm³/mol. The molecule has 0 saturated heterocycles. The molecule has 1 aliphatic rings. The number of rotatable bonds is 7. The number of hydrogen-bond acceptors (Lipinski definition) is 1. The Morgan fingerprint density at radius 2 is 1.24 bits per heavy atom. The van der Waals surface area contributed by atoms with E-state index in [1.165, 1.54) is 0 Å². The summed E-state index contributed by atoms with van der Waals surface area (Å²) >= 11 is 0. The van der Waals surface area contributed by atoms with Crippen molar-refractivity contribution < 1.29 is 57.8 Å². The van der Waals surface area contributed by atoms with E-state index < -0.39 is 47.8 Å². The van der Waals surface area contributed by atoms with Gasteiger partial charge in [0.1, 0.15) is 0 Å². The van der Waals surface area contributed by atoms with Crippen LogP contribution in [0.1, 0.15) is 35.9 Å². The Kier molecular flexibility index (Phi) is 5.70. The first-order valence-corrected chi connectivity index (χ1v) is 7.98. The lowest BCUT2D eigenvalue weighted by Gasteiger charge is -2.40. The van der Waals surface area contributed by atoms with Gasteiger partial charge in [-0.05, 0) is 37.3 Å². The van der Waals surface area contributed by atoms with E-state index in [2.05, 4.69) is 4.98 Å². The maximum absolute atomic E-state index is 14.0. The van der Waals surface area contributed by atoms with Crippen LogP contribution in [0.5, 0.6) is 0 Å². The van der Waals surface area contributed by atoms with Crippen LogP contribution in [0.15, 0.2) is 6.07 Å². The summed E-state index contributed by atoms with van der Waals surface area (Å²) in [6.07, 6.45) is -7.81. The number of aliphatic hydroxyl groups is 1. The normalized spacial score (nSPS) is 18.1. The fourth-order valence-electron chi connectivity index (χ4n) is 2.90. The highest BCUT2D eigenvalue weighted by molar-refractivity contribution is 5.30. The highest BCUT2D eigenvalue weighted by atomic mass is 19.4. The van der Waals surface area contributed by atoms with Crippen molar-refractivity contribution in [2.24, 2.45) is 0 Å². The number of aromatic nitrogens is 1. The zero-order valence-electron chi connectivity index (χ0n) is 14.0. The highest BCUT2D eigenvalue weighted by Gasteiger charge is 2.88. The number of halogens is 12. The lowest BCUT2D eigenvalue weighted by Crippen LogP contribution is -2.69. The van der Waals surface area contributed by atoms with Crippen LogP contribution >= 0.6 is 0 Å². The van der Waals surface area contributed by atoms with E-state index in [0.717, 1.165) is 6.07 Å². The van der Waals surface area contributed by atoms with E-state index in [1.54, 1.807) is 0 Å². The van der Waals surface area contributed by atoms with Crippen molar-refractivity contribution in [3.63, 3.8) is 0 Å². The van der Waals surface area contributed by atoms with Crippen LogP contribution in [-0.4, -0.2) is 46.1 Å². The van der Waals surface area contributed by atoms with Crippen LogP contribution in [0, 0.1) is 0 Å². The quantitative estimate of drug-likeness (QED) is 0.538. The van der Waals surface area contributed by atoms with E-state index in [0.29, 0.717) is 12.8 Å². The Bertz CT molecular complexity index is 718. The first-order chi connectivity index (χ1) is 12.9. The zero-order valence-corrected chi connectivity index (χ0v) is 14.0. The van der Waals surface area contributed by atoms with Gasteiger partial charge in [-0.2, -0.15) is 43.9 Å². The van der Waals surface area contributed by atoms with Crippen LogP contribution in [0.2, 0.25) is 0 Å². The van der Waals surface area contributed by atoms with Gasteiger partial charge in [0, 0.05) is 5.69 Å². The number of aliphatic hydroxyl groups excluding tert-OH is 1. The second kappa shape index (κ2) is 6.98. The van der Waals surface area contributed by atoms with Crippen molar-refractivity contribution in [1.82, 2.24) is 4.98 Å². The second-order valence-corrected chi connectivity index (χ2v) is 6.61. The molecule has 1 unspecified atom stereocenters. The molecule has 0 fully saturated rings. The van der Waals surface area contributed by atoms with Crippen molar-refractivity contribution >= 4 is 0 Å². The molecule has 0 amide bonds. The molecule has 1 aromatic rings. The molecule has 1 aromatic heterocycles. The fourth-order valence-corrected chi connectivity index (χ4v) is 2.90. The average Bonchev–Trinajstić information content (AvgIpc) is 3.04. The Balaban J connectivity index is 2.46. The van der Waals surface area contributed by atoms with Crippen LogP contribution in [0.4, 0.5) is 52.7 Å². The van der Waals surface area contributed by atoms with Gasteiger partial charge in [0.25, 0.3) is 0 Å². The summed E-state index contributed by atoms with van der Waals surface area (Å²) in [6.45, 7) is 0. The van der Waals surface area contributed by atoms with E-state index in [9.17, 15) is 57.8 Å². The standard InChI is InChI=1S/C15H13F12NO/c16-10(17)12(20,21)14(24,25)15(26,27)13(22,23)11(18,19)9(29)8-5-6-3-1-2-4-7(6)28-8/h5,9-10,28-29H,1-4H2. The number of aromatic amines is 1. The molecular formula is C15H13F12NO. The number of hydrogen-bond donors (Lipinski definition) is 2. The molecule has 0 bridgehead atoms. The molecule has 168 valence electrons. The van der Waals surface area contributed by atoms with Crippen LogP contribution in [0.25, 0.3) is 0 Å². The molecule has 1 heterocycles. The summed E-state index contributed by atoms with van der Waals surface area (Å²) in [5.74, 6) is -36.1. The summed E-state index contributed by atoms with van der Waals surface area (Å²) in [4.78, 5) is 2.09. The summed E-state index contributed by atoms with van der Waals surface area (Å²) in [5.41, 5.74) is -0.641. The van der Waals surface area contributed by atoms with Gasteiger partial charge in [-0.1, -0.05) is 0 Å². The van der Waals surface area contributed by atoms with Crippen LogP contribution < -0.4 is 0 Å². The van der Waals surface area contributed by atoms with Crippen molar-refractivity contribution in [1.29, 1.82) is 0 Å². The molecule has 0 saturated carbocycles. The molecule has 0 aromatic carbocycles. The van der Waals surface area contributed by atoms with Gasteiger partial charge in [0.2, 0.25) is 0 Å². The Morgan fingerprint density at radius 1 is 0.759 bits per heavy atom. The van der Waals surface area contributed by atoms with Gasteiger partial charge in [-0.3, -0.25) is 0 Å². The molecule has 0 radical (unpaired) electrons. The minimum Gasteiger partial charge on any atom is -0.380 e. The summed E-state index contributed by atoms with van der Waals surface area (Å²) in [5, 5.41) is 9.50. The lowest BCUT2D eigenvalue weighted by atomic mass is 9.91. The molecule has 29 heavy (non-hydrogen) atoms. The number of H-pyrrole nitrogens is 1. The van der Waals surface area contributed by atoms with Gasteiger partial charge in [-0.15, -0.1) is 0 Å². The molecule has 2 nitrogen and oxygen atoms in total. The molecule has 0 spiro atoms. The van der Waals surface area contributed by atoms with Gasteiger partial charge in [-0.25, -0.2) is 8.78 Å². The van der Waals surface area contributed by atoms with Crippen molar-refractivity contribution in [3.05, 3.63) is 23.0 Å². The van der Waals surface area contributed by atoms with Crippen molar-refractivity contribution in [3.8, 4) is 0 Å². The fraction of sp³-hybridized carbons (Fsp3) is 0.733. The highest BCUT2D eigenvalue weighted by Crippen LogP contribution is 2.60. The third-order valence-electron chi connectivity index (χ3n) is 4.67. The second-order valence-electron chi connectivity index (χ2n) is 6.61. The number of alkyl halides is 12.